The highest BCUT2D eigenvalue weighted by molar-refractivity contribution is 6.06. The van der Waals surface area contributed by atoms with E-state index in [1.54, 1.807) is 12.2 Å². The van der Waals surface area contributed by atoms with E-state index >= 15 is 0 Å². The van der Waals surface area contributed by atoms with Crippen molar-refractivity contribution in [2.75, 3.05) is 20.7 Å². The summed E-state index contributed by atoms with van der Waals surface area (Å²) in [5, 5.41) is 1.64. The minimum absolute atomic E-state index is 0.190. The van der Waals surface area contributed by atoms with E-state index < -0.39 is 0 Å². The van der Waals surface area contributed by atoms with Gasteiger partial charge in [-0.25, -0.2) is 10.1 Å². The molecule has 0 amide bonds. The molecule has 1 unspecified atom stereocenters. The Morgan fingerprint density at radius 1 is 1.44 bits per heavy atom. The molecular weight excluding hydrogens is 230 g/mol. The van der Waals surface area contributed by atoms with Crippen molar-refractivity contribution >= 4 is 17.6 Å². The van der Waals surface area contributed by atoms with E-state index in [2.05, 4.69) is 28.8 Å². The van der Waals surface area contributed by atoms with Gasteiger partial charge in [-0.3, -0.25) is 4.84 Å². The van der Waals surface area contributed by atoms with Crippen LogP contribution in [0.15, 0.2) is 15.0 Å². The highest BCUT2D eigenvalue weighted by Crippen LogP contribution is 2.15. The molecule has 0 aromatic heterocycles. The number of aliphatic imine (C=N–C) groups is 3. The van der Waals surface area contributed by atoms with Gasteiger partial charge in [0.1, 0.15) is 11.7 Å². The fourth-order valence-electron chi connectivity index (χ4n) is 1.66. The number of amidine groups is 2. The highest BCUT2D eigenvalue weighted by atomic mass is 16.7. The van der Waals surface area contributed by atoms with Gasteiger partial charge in [-0.2, -0.15) is 9.98 Å². The van der Waals surface area contributed by atoms with Crippen LogP contribution in [0.1, 0.15) is 33.1 Å². The lowest BCUT2D eigenvalue weighted by molar-refractivity contribution is -0.0439. The van der Waals surface area contributed by atoms with Crippen LogP contribution in [0.25, 0.3) is 0 Å². The summed E-state index contributed by atoms with van der Waals surface area (Å²) >= 11 is 0. The second-order valence-electron chi connectivity index (χ2n) is 4.24. The molecule has 0 aromatic carbocycles. The molecule has 0 aliphatic carbocycles. The van der Waals surface area contributed by atoms with Crippen molar-refractivity contribution in [3.63, 3.8) is 0 Å². The number of hydrogen-bond acceptors (Lipinski definition) is 4. The zero-order valence-electron chi connectivity index (χ0n) is 11.7. The molecule has 0 fully saturated rings. The van der Waals surface area contributed by atoms with Crippen LogP contribution in [0, 0.1) is 5.92 Å². The number of guanidine groups is 1. The Bertz CT molecular complexity index is 361. The van der Waals surface area contributed by atoms with Crippen molar-refractivity contribution in [1.82, 2.24) is 5.06 Å². The van der Waals surface area contributed by atoms with E-state index in [1.807, 2.05) is 7.05 Å². The lowest BCUT2D eigenvalue weighted by Gasteiger charge is -2.20. The predicted molar refractivity (Wildman–Crippen MR) is 74.8 cm³/mol. The molecule has 6 nitrogen and oxygen atoms in total. The van der Waals surface area contributed by atoms with Crippen LogP contribution in [0.5, 0.6) is 0 Å². The maximum Gasteiger partial charge on any atom is 0.248 e. The molecule has 0 spiro atoms. The molecule has 1 heterocycles. The Morgan fingerprint density at radius 3 is 2.72 bits per heavy atom. The van der Waals surface area contributed by atoms with E-state index in [4.69, 9.17) is 10.6 Å². The predicted octanol–water partition coefficient (Wildman–Crippen LogP) is 1.43. The van der Waals surface area contributed by atoms with Crippen molar-refractivity contribution in [2.45, 2.75) is 33.1 Å². The molecule has 0 bridgehead atoms. The Hall–Kier alpha value is -1.43. The van der Waals surface area contributed by atoms with Crippen LogP contribution in [0.4, 0.5) is 0 Å². The third-order valence-corrected chi connectivity index (χ3v) is 2.91. The smallest absolute Gasteiger partial charge is 0.248 e. The van der Waals surface area contributed by atoms with Crippen molar-refractivity contribution < 1.29 is 4.84 Å². The van der Waals surface area contributed by atoms with Gasteiger partial charge < -0.3 is 5.73 Å². The summed E-state index contributed by atoms with van der Waals surface area (Å²) in [6.07, 6.45) is 2.61. The average molecular weight is 253 g/mol. The van der Waals surface area contributed by atoms with Gasteiger partial charge in [0.05, 0.1) is 7.11 Å². The van der Waals surface area contributed by atoms with E-state index in [1.165, 1.54) is 0 Å². The molecule has 18 heavy (non-hydrogen) atoms. The second-order valence-corrected chi connectivity index (χ2v) is 4.24. The molecular formula is C12H23N5O. The van der Waals surface area contributed by atoms with Gasteiger partial charge in [0.15, 0.2) is 0 Å². The van der Waals surface area contributed by atoms with E-state index in [0.29, 0.717) is 18.3 Å². The van der Waals surface area contributed by atoms with Gasteiger partial charge in [0.25, 0.3) is 0 Å². The summed E-state index contributed by atoms with van der Waals surface area (Å²) in [6, 6.07) is 0. The monoisotopic (exact) mass is 253 g/mol. The Balaban J connectivity index is 3.02. The molecule has 0 radical (unpaired) electrons. The SMILES string of the molecule is CCCN=C1N=C(N)C(CC)CC(N(C)OC)=N1. The number of hydroxylamine groups is 2. The summed E-state index contributed by atoms with van der Waals surface area (Å²) in [6.45, 7) is 4.86. The molecule has 2 N–H and O–H groups in total. The first-order chi connectivity index (χ1) is 8.62. The number of nitrogens with zero attached hydrogens (tertiary/aromatic N) is 4. The standard InChI is InChI=1S/C12H23N5O/c1-5-7-14-12-15-10(17(3)18-4)8-9(6-2)11(13)16-12/h9H,5-8H2,1-4H3,(H2,13,14,16). The highest BCUT2D eigenvalue weighted by Gasteiger charge is 2.21. The van der Waals surface area contributed by atoms with Crippen molar-refractivity contribution in [1.29, 1.82) is 0 Å². The van der Waals surface area contributed by atoms with E-state index in [-0.39, 0.29) is 5.92 Å². The lowest BCUT2D eigenvalue weighted by atomic mass is 10.0. The molecule has 1 atom stereocenters. The van der Waals surface area contributed by atoms with Crippen molar-refractivity contribution in [3.05, 3.63) is 0 Å². The summed E-state index contributed by atoms with van der Waals surface area (Å²) in [4.78, 5) is 18.2. The van der Waals surface area contributed by atoms with Gasteiger partial charge in [-0.15, -0.1) is 0 Å². The summed E-state index contributed by atoms with van der Waals surface area (Å²) in [7, 11) is 3.44. The van der Waals surface area contributed by atoms with Crippen LogP contribution in [0.3, 0.4) is 0 Å². The first-order valence-electron chi connectivity index (χ1n) is 6.36. The number of hydrogen-bond donors (Lipinski definition) is 1. The minimum atomic E-state index is 0.190. The molecule has 102 valence electrons. The first kappa shape index (κ1) is 14.6. The van der Waals surface area contributed by atoms with Crippen LogP contribution >= 0.6 is 0 Å². The quantitative estimate of drug-likeness (QED) is 0.770. The normalized spacial score (nSPS) is 22.4. The van der Waals surface area contributed by atoms with E-state index in [9.17, 15) is 0 Å². The van der Waals surface area contributed by atoms with Crippen LogP contribution < -0.4 is 5.73 Å². The Kier molecular flexibility index (Phi) is 5.77. The molecule has 1 aliphatic rings. The van der Waals surface area contributed by atoms with Gasteiger partial charge >= 0.3 is 0 Å². The van der Waals surface area contributed by atoms with Crippen LogP contribution in [0.2, 0.25) is 0 Å². The Morgan fingerprint density at radius 2 is 2.17 bits per heavy atom. The third-order valence-electron chi connectivity index (χ3n) is 2.91. The summed E-state index contributed by atoms with van der Waals surface area (Å²) in [5.74, 6) is 2.05. The van der Waals surface area contributed by atoms with Crippen LogP contribution in [-0.2, 0) is 4.84 Å². The zero-order chi connectivity index (χ0) is 13.5. The first-order valence-corrected chi connectivity index (χ1v) is 6.36. The number of rotatable bonds is 4. The molecule has 1 aliphatic heterocycles. The maximum absolute atomic E-state index is 5.99. The van der Waals surface area contributed by atoms with Crippen molar-refractivity contribution in [3.8, 4) is 0 Å². The largest absolute Gasteiger partial charge is 0.387 e. The van der Waals surface area contributed by atoms with Gasteiger partial charge in [0.2, 0.25) is 5.96 Å². The van der Waals surface area contributed by atoms with E-state index in [0.717, 1.165) is 25.1 Å². The third kappa shape index (κ3) is 3.80. The Labute approximate surface area is 109 Å². The molecule has 0 saturated heterocycles. The fraction of sp³-hybridized carbons (Fsp3) is 0.750. The molecule has 1 rings (SSSR count). The van der Waals surface area contributed by atoms with Crippen LogP contribution in [-0.4, -0.2) is 43.4 Å². The average Bonchev–Trinajstić information content (AvgIpc) is 2.54. The maximum atomic E-state index is 5.99. The number of nitrogens with two attached hydrogens (primary N) is 1. The van der Waals surface area contributed by atoms with Crippen molar-refractivity contribution in [2.24, 2.45) is 26.6 Å². The zero-order valence-corrected chi connectivity index (χ0v) is 11.7. The topological polar surface area (TPSA) is 75.6 Å². The van der Waals surface area contributed by atoms with Gasteiger partial charge in [-0.05, 0) is 12.8 Å². The summed E-state index contributed by atoms with van der Waals surface area (Å²) in [5.41, 5.74) is 5.99. The lowest BCUT2D eigenvalue weighted by Crippen LogP contribution is -2.31. The second kappa shape index (κ2) is 7.10. The molecule has 0 aromatic rings. The molecule has 6 heteroatoms. The fourth-order valence-corrected chi connectivity index (χ4v) is 1.66. The minimum Gasteiger partial charge on any atom is -0.387 e. The van der Waals surface area contributed by atoms with Gasteiger partial charge in [0, 0.05) is 25.9 Å². The molecule has 0 saturated carbocycles. The van der Waals surface area contributed by atoms with Gasteiger partial charge in [-0.1, -0.05) is 13.8 Å². The summed E-state index contributed by atoms with van der Waals surface area (Å²) < 4.78 is 0.